The van der Waals surface area contributed by atoms with E-state index in [4.69, 9.17) is 4.74 Å². The second-order valence-corrected chi connectivity index (χ2v) is 6.68. The van der Waals surface area contributed by atoms with Gasteiger partial charge in [-0.2, -0.15) is 0 Å². The van der Waals surface area contributed by atoms with E-state index in [1.165, 1.54) is 89.9 Å². The highest BCUT2D eigenvalue weighted by molar-refractivity contribution is 5.02. The van der Waals surface area contributed by atoms with E-state index >= 15 is 0 Å². The molecular formula is C20H38O. The summed E-state index contributed by atoms with van der Waals surface area (Å²) in [6.45, 7) is 4.54. The Kier molecular flexibility index (Phi) is 11.9. The molecule has 0 aromatic rings. The number of unbranched alkanes of at least 4 members (excludes halogenated alkanes) is 11. The Morgan fingerprint density at radius 2 is 1.29 bits per heavy atom. The Bertz CT molecular complexity index is 246. The molecule has 124 valence electrons. The molecular weight excluding hydrogens is 256 g/mol. The van der Waals surface area contributed by atoms with E-state index in [0.29, 0.717) is 12.2 Å². The summed E-state index contributed by atoms with van der Waals surface area (Å²) in [5.41, 5.74) is 0. The van der Waals surface area contributed by atoms with E-state index in [1.54, 1.807) is 0 Å². The molecule has 0 radical (unpaired) electrons. The molecule has 1 rings (SSSR count). The molecule has 21 heavy (non-hydrogen) atoms. The number of allylic oxidation sites excluding steroid dienone is 1. The quantitative estimate of drug-likeness (QED) is 0.183. The molecule has 1 heteroatoms. The standard InChI is InChI=1S/C20H38O/c1-3-5-7-8-9-10-11-12-13-14-15-16-18-20-19(21-20)17-6-4-2/h16,18-20H,3-15,17H2,1-2H3/t19-,20-/m0/s1. The van der Waals surface area contributed by atoms with E-state index in [9.17, 15) is 0 Å². The molecule has 0 unspecified atom stereocenters. The first kappa shape index (κ1) is 18.7. The van der Waals surface area contributed by atoms with Gasteiger partial charge in [-0.1, -0.05) is 96.6 Å². The summed E-state index contributed by atoms with van der Waals surface area (Å²) < 4.78 is 5.63. The van der Waals surface area contributed by atoms with Gasteiger partial charge >= 0.3 is 0 Å². The summed E-state index contributed by atoms with van der Waals surface area (Å²) >= 11 is 0. The number of rotatable bonds is 15. The predicted molar refractivity (Wildman–Crippen MR) is 93.8 cm³/mol. The van der Waals surface area contributed by atoms with E-state index in [1.807, 2.05) is 0 Å². The van der Waals surface area contributed by atoms with Crippen LogP contribution in [0.2, 0.25) is 0 Å². The molecule has 0 saturated carbocycles. The van der Waals surface area contributed by atoms with E-state index in [2.05, 4.69) is 26.0 Å². The third kappa shape index (κ3) is 11.0. The smallest absolute Gasteiger partial charge is 0.102 e. The minimum Gasteiger partial charge on any atom is -0.365 e. The van der Waals surface area contributed by atoms with Gasteiger partial charge in [-0.15, -0.1) is 0 Å². The first-order chi connectivity index (χ1) is 10.4. The fraction of sp³-hybridized carbons (Fsp3) is 0.900. The van der Waals surface area contributed by atoms with Crippen molar-refractivity contribution in [1.82, 2.24) is 0 Å². The lowest BCUT2D eigenvalue weighted by Crippen LogP contribution is -1.89. The molecule has 0 bridgehead atoms. The molecule has 1 heterocycles. The van der Waals surface area contributed by atoms with Gasteiger partial charge in [0.15, 0.2) is 0 Å². The lowest BCUT2D eigenvalue weighted by atomic mass is 10.1. The van der Waals surface area contributed by atoms with Crippen molar-refractivity contribution in [3.05, 3.63) is 12.2 Å². The van der Waals surface area contributed by atoms with Gasteiger partial charge in [0.1, 0.15) is 6.10 Å². The summed E-state index contributed by atoms with van der Waals surface area (Å²) in [6, 6.07) is 0. The van der Waals surface area contributed by atoms with Crippen molar-refractivity contribution in [3.8, 4) is 0 Å². The maximum Gasteiger partial charge on any atom is 0.102 e. The molecule has 0 spiro atoms. The third-order valence-electron chi connectivity index (χ3n) is 4.51. The number of hydrogen-bond acceptors (Lipinski definition) is 1. The average molecular weight is 295 g/mol. The van der Waals surface area contributed by atoms with Crippen LogP contribution >= 0.6 is 0 Å². The first-order valence-electron chi connectivity index (χ1n) is 9.70. The zero-order chi connectivity index (χ0) is 15.2. The molecule has 0 aromatic carbocycles. The van der Waals surface area contributed by atoms with Gasteiger partial charge in [0, 0.05) is 0 Å². The van der Waals surface area contributed by atoms with Gasteiger partial charge in [0.05, 0.1) is 6.10 Å². The molecule has 0 aromatic heterocycles. The molecule has 1 aliphatic rings. The SMILES string of the molecule is CCCCCCCCCCCCC=C[C@@H]1O[C@H]1CCCC. The van der Waals surface area contributed by atoms with Crippen molar-refractivity contribution in [2.24, 2.45) is 0 Å². The summed E-state index contributed by atoms with van der Waals surface area (Å²) in [5.74, 6) is 0. The Morgan fingerprint density at radius 1 is 0.714 bits per heavy atom. The highest BCUT2D eigenvalue weighted by atomic mass is 16.6. The van der Waals surface area contributed by atoms with Crippen LogP contribution in [0.15, 0.2) is 12.2 Å². The Labute approximate surface area is 133 Å². The fourth-order valence-corrected chi connectivity index (χ4v) is 2.94. The van der Waals surface area contributed by atoms with Crippen molar-refractivity contribution >= 4 is 0 Å². The zero-order valence-electron chi connectivity index (χ0n) is 14.6. The Morgan fingerprint density at radius 3 is 1.90 bits per heavy atom. The largest absolute Gasteiger partial charge is 0.365 e. The highest BCUT2D eigenvalue weighted by Gasteiger charge is 2.34. The van der Waals surface area contributed by atoms with Gasteiger partial charge in [-0.3, -0.25) is 0 Å². The predicted octanol–water partition coefficient (Wildman–Crippen LogP) is 6.81. The number of epoxide rings is 1. The van der Waals surface area contributed by atoms with Crippen molar-refractivity contribution in [3.63, 3.8) is 0 Å². The van der Waals surface area contributed by atoms with Crippen molar-refractivity contribution in [1.29, 1.82) is 0 Å². The lowest BCUT2D eigenvalue weighted by molar-refractivity contribution is 0.375. The summed E-state index contributed by atoms with van der Waals surface area (Å²) in [6.07, 6.45) is 25.0. The van der Waals surface area contributed by atoms with Crippen LogP contribution in [0.1, 0.15) is 104 Å². The van der Waals surface area contributed by atoms with Gasteiger partial charge in [-0.25, -0.2) is 0 Å². The summed E-state index contributed by atoms with van der Waals surface area (Å²) in [4.78, 5) is 0. The molecule has 2 atom stereocenters. The van der Waals surface area contributed by atoms with E-state index < -0.39 is 0 Å². The highest BCUT2D eigenvalue weighted by Crippen LogP contribution is 2.28. The molecule has 1 saturated heterocycles. The van der Waals surface area contributed by atoms with Crippen molar-refractivity contribution in [2.75, 3.05) is 0 Å². The van der Waals surface area contributed by atoms with Gasteiger partial charge < -0.3 is 4.74 Å². The normalized spacial score (nSPS) is 21.2. The third-order valence-corrected chi connectivity index (χ3v) is 4.51. The molecule has 1 fully saturated rings. The average Bonchev–Trinajstić information content (AvgIpc) is 3.24. The van der Waals surface area contributed by atoms with Crippen LogP contribution in [-0.2, 0) is 4.74 Å². The van der Waals surface area contributed by atoms with Crippen LogP contribution in [0.5, 0.6) is 0 Å². The van der Waals surface area contributed by atoms with Gasteiger partial charge in [0.25, 0.3) is 0 Å². The zero-order valence-corrected chi connectivity index (χ0v) is 14.6. The van der Waals surface area contributed by atoms with Crippen molar-refractivity contribution in [2.45, 2.75) is 116 Å². The van der Waals surface area contributed by atoms with Crippen molar-refractivity contribution < 1.29 is 4.74 Å². The van der Waals surface area contributed by atoms with Crippen LogP contribution in [0.3, 0.4) is 0 Å². The fourth-order valence-electron chi connectivity index (χ4n) is 2.94. The molecule has 0 aliphatic carbocycles. The monoisotopic (exact) mass is 294 g/mol. The summed E-state index contributed by atoms with van der Waals surface area (Å²) in [7, 11) is 0. The molecule has 0 amide bonds. The summed E-state index contributed by atoms with van der Waals surface area (Å²) in [5, 5.41) is 0. The Balaban J connectivity index is 1.75. The topological polar surface area (TPSA) is 12.5 Å². The molecule has 1 nitrogen and oxygen atoms in total. The molecule has 0 N–H and O–H groups in total. The lowest BCUT2D eigenvalue weighted by Gasteiger charge is -2.01. The van der Waals surface area contributed by atoms with Crippen LogP contribution in [-0.4, -0.2) is 12.2 Å². The van der Waals surface area contributed by atoms with Crippen LogP contribution in [0.25, 0.3) is 0 Å². The van der Waals surface area contributed by atoms with E-state index in [-0.39, 0.29) is 0 Å². The maximum absolute atomic E-state index is 5.63. The first-order valence-corrected chi connectivity index (χ1v) is 9.70. The minimum absolute atomic E-state index is 0.458. The van der Waals surface area contributed by atoms with Gasteiger partial charge in [0.2, 0.25) is 0 Å². The van der Waals surface area contributed by atoms with Crippen LogP contribution in [0.4, 0.5) is 0 Å². The van der Waals surface area contributed by atoms with Gasteiger partial charge in [-0.05, 0) is 19.3 Å². The number of ether oxygens (including phenoxy) is 1. The maximum atomic E-state index is 5.63. The van der Waals surface area contributed by atoms with E-state index in [0.717, 1.165) is 0 Å². The molecule has 1 aliphatic heterocycles. The van der Waals surface area contributed by atoms with Crippen LogP contribution in [0, 0.1) is 0 Å². The second kappa shape index (κ2) is 13.4. The Hall–Kier alpha value is -0.300. The van der Waals surface area contributed by atoms with Crippen LogP contribution < -0.4 is 0 Å². The second-order valence-electron chi connectivity index (χ2n) is 6.68. The number of hydrogen-bond donors (Lipinski definition) is 0. The minimum atomic E-state index is 0.458.